The van der Waals surface area contributed by atoms with E-state index in [9.17, 15) is 9.90 Å². The molecule has 110 valence electrons. The van der Waals surface area contributed by atoms with E-state index in [-0.39, 0.29) is 12.1 Å². The number of hydrogen-bond acceptors (Lipinski definition) is 4. The number of nitrogens with zero attached hydrogens (tertiary/aromatic N) is 3. The normalized spacial score (nSPS) is 19.2. The van der Waals surface area contributed by atoms with Crippen molar-refractivity contribution in [3.8, 4) is 0 Å². The molecular weight excluding hydrogens is 256 g/mol. The Labute approximate surface area is 119 Å². The fraction of sp³-hybridized carbons (Fsp3) is 0.643. The van der Waals surface area contributed by atoms with Crippen LogP contribution in [0.25, 0.3) is 0 Å². The first-order valence-electron chi connectivity index (χ1n) is 7.02. The van der Waals surface area contributed by atoms with E-state index in [2.05, 4.69) is 15.3 Å². The predicted octanol–water partition coefficient (Wildman–Crippen LogP) is 1.81. The number of carbonyl (C=O) groups is 1. The van der Waals surface area contributed by atoms with Crippen LogP contribution in [0.2, 0.25) is 0 Å². The summed E-state index contributed by atoms with van der Waals surface area (Å²) in [7, 11) is 0. The van der Waals surface area contributed by atoms with Crippen LogP contribution in [-0.4, -0.2) is 44.2 Å². The number of aryl methyl sites for hydroxylation is 1. The number of amides is 2. The van der Waals surface area contributed by atoms with Gasteiger partial charge in [0.1, 0.15) is 5.82 Å². The quantitative estimate of drug-likeness (QED) is 0.883. The number of hydrogen-bond donors (Lipinski definition) is 2. The van der Waals surface area contributed by atoms with Gasteiger partial charge in [0.25, 0.3) is 0 Å². The molecule has 2 N–H and O–H groups in total. The van der Waals surface area contributed by atoms with E-state index >= 15 is 0 Å². The van der Waals surface area contributed by atoms with Crippen LogP contribution in [0.5, 0.6) is 0 Å². The topological polar surface area (TPSA) is 78.4 Å². The average molecular weight is 278 g/mol. The van der Waals surface area contributed by atoms with Gasteiger partial charge in [0.05, 0.1) is 29.7 Å². The second kappa shape index (κ2) is 5.75. The van der Waals surface area contributed by atoms with Gasteiger partial charge in [-0.2, -0.15) is 0 Å². The van der Waals surface area contributed by atoms with E-state index < -0.39 is 5.60 Å². The molecule has 0 aromatic carbocycles. The third-order valence-electron chi connectivity index (χ3n) is 3.60. The van der Waals surface area contributed by atoms with E-state index in [1.165, 1.54) is 0 Å². The minimum Gasteiger partial charge on any atom is -0.388 e. The summed E-state index contributed by atoms with van der Waals surface area (Å²) in [5.41, 5.74) is -0.315. The first-order valence-corrected chi connectivity index (χ1v) is 7.02. The standard InChI is InChI=1S/C14H22N4O2/c1-4-12-15-8-10(9-16-12)17-13(19)18-7-5-6-11(18)14(2,3)20/h8-9,11,20H,4-7H2,1-3H3,(H,17,19). The molecule has 0 saturated carbocycles. The maximum Gasteiger partial charge on any atom is 0.322 e. The summed E-state index contributed by atoms with van der Waals surface area (Å²) in [6.45, 7) is 6.12. The molecule has 1 fully saturated rings. The van der Waals surface area contributed by atoms with Gasteiger partial charge in [-0.3, -0.25) is 0 Å². The number of aliphatic hydroxyl groups is 1. The lowest BCUT2D eigenvalue weighted by Crippen LogP contribution is -2.49. The molecule has 6 heteroatoms. The SMILES string of the molecule is CCc1ncc(NC(=O)N2CCCC2C(C)(C)O)cn1. The van der Waals surface area contributed by atoms with Gasteiger partial charge in [-0.1, -0.05) is 6.92 Å². The molecule has 0 aliphatic carbocycles. The second-order valence-corrected chi connectivity index (χ2v) is 5.68. The third-order valence-corrected chi connectivity index (χ3v) is 3.60. The molecule has 0 radical (unpaired) electrons. The molecule has 6 nitrogen and oxygen atoms in total. The highest BCUT2D eigenvalue weighted by atomic mass is 16.3. The largest absolute Gasteiger partial charge is 0.388 e. The fourth-order valence-corrected chi connectivity index (χ4v) is 2.54. The van der Waals surface area contributed by atoms with Gasteiger partial charge in [-0.05, 0) is 26.7 Å². The minimum atomic E-state index is -0.892. The monoisotopic (exact) mass is 278 g/mol. The fourth-order valence-electron chi connectivity index (χ4n) is 2.54. The van der Waals surface area contributed by atoms with Crippen molar-refractivity contribution < 1.29 is 9.90 Å². The van der Waals surface area contributed by atoms with Crippen LogP contribution in [0.1, 0.15) is 39.4 Å². The number of urea groups is 1. The summed E-state index contributed by atoms with van der Waals surface area (Å²) in [5.74, 6) is 0.749. The predicted molar refractivity (Wildman–Crippen MR) is 76.5 cm³/mol. The molecule has 2 heterocycles. The number of rotatable bonds is 3. The lowest BCUT2D eigenvalue weighted by molar-refractivity contribution is 0.0117. The van der Waals surface area contributed by atoms with E-state index in [1.54, 1.807) is 31.1 Å². The van der Waals surface area contributed by atoms with Gasteiger partial charge >= 0.3 is 6.03 Å². The van der Waals surface area contributed by atoms with Crippen molar-refractivity contribution in [2.75, 3.05) is 11.9 Å². The number of nitrogens with one attached hydrogen (secondary N) is 1. The Hall–Kier alpha value is -1.69. The molecule has 20 heavy (non-hydrogen) atoms. The van der Waals surface area contributed by atoms with E-state index in [0.29, 0.717) is 12.2 Å². The van der Waals surface area contributed by atoms with Crippen LogP contribution in [0.3, 0.4) is 0 Å². The minimum absolute atomic E-state index is 0.154. The molecule has 2 rings (SSSR count). The van der Waals surface area contributed by atoms with Crippen molar-refractivity contribution in [2.45, 2.75) is 51.7 Å². The van der Waals surface area contributed by atoms with Gasteiger partial charge in [-0.25, -0.2) is 14.8 Å². The smallest absolute Gasteiger partial charge is 0.322 e. The average Bonchev–Trinajstić information content (AvgIpc) is 2.89. The molecule has 1 saturated heterocycles. The summed E-state index contributed by atoms with van der Waals surface area (Å²) < 4.78 is 0. The van der Waals surface area contributed by atoms with Crippen LogP contribution in [0.4, 0.5) is 10.5 Å². The first-order chi connectivity index (χ1) is 9.41. The number of anilines is 1. The van der Waals surface area contributed by atoms with E-state index in [4.69, 9.17) is 0 Å². The first kappa shape index (κ1) is 14.7. The van der Waals surface area contributed by atoms with Crippen molar-refractivity contribution in [3.05, 3.63) is 18.2 Å². The van der Waals surface area contributed by atoms with Gasteiger partial charge in [0.15, 0.2) is 0 Å². The molecule has 1 aliphatic rings. The molecule has 1 aliphatic heterocycles. The zero-order chi connectivity index (χ0) is 14.8. The van der Waals surface area contributed by atoms with Gasteiger partial charge in [-0.15, -0.1) is 0 Å². The van der Waals surface area contributed by atoms with Crippen molar-refractivity contribution in [1.29, 1.82) is 0 Å². The Morgan fingerprint density at radius 2 is 2.15 bits per heavy atom. The Balaban J connectivity index is 2.03. The summed E-state index contributed by atoms with van der Waals surface area (Å²) in [5, 5.41) is 12.9. The molecule has 1 unspecified atom stereocenters. The van der Waals surface area contributed by atoms with E-state index in [1.807, 2.05) is 6.92 Å². The highest BCUT2D eigenvalue weighted by Crippen LogP contribution is 2.27. The molecule has 1 atom stereocenters. The van der Waals surface area contributed by atoms with Crippen LogP contribution < -0.4 is 5.32 Å². The van der Waals surface area contributed by atoms with Crippen LogP contribution >= 0.6 is 0 Å². The third kappa shape index (κ3) is 3.25. The lowest BCUT2D eigenvalue weighted by atomic mass is 9.97. The Kier molecular flexibility index (Phi) is 4.23. The van der Waals surface area contributed by atoms with Crippen molar-refractivity contribution in [1.82, 2.24) is 14.9 Å². The zero-order valence-electron chi connectivity index (χ0n) is 12.3. The van der Waals surface area contributed by atoms with Gasteiger partial charge in [0.2, 0.25) is 0 Å². The summed E-state index contributed by atoms with van der Waals surface area (Å²) in [4.78, 5) is 22.3. The summed E-state index contributed by atoms with van der Waals surface area (Å²) in [6.07, 6.45) is 5.72. The molecule has 0 spiro atoms. The summed E-state index contributed by atoms with van der Waals surface area (Å²) >= 11 is 0. The highest BCUT2D eigenvalue weighted by molar-refractivity contribution is 5.89. The maximum atomic E-state index is 12.3. The zero-order valence-corrected chi connectivity index (χ0v) is 12.3. The Morgan fingerprint density at radius 3 is 2.70 bits per heavy atom. The molecule has 2 amide bonds. The van der Waals surface area contributed by atoms with Crippen molar-refractivity contribution in [2.24, 2.45) is 0 Å². The van der Waals surface area contributed by atoms with Crippen molar-refractivity contribution >= 4 is 11.7 Å². The van der Waals surface area contributed by atoms with Crippen LogP contribution in [0.15, 0.2) is 12.4 Å². The van der Waals surface area contributed by atoms with Gasteiger partial charge < -0.3 is 15.3 Å². The lowest BCUT2D eigenvalue weighted by Gasteiger charge is -2.33. The highest BCUT2D eigenvalue weighted by Gasteiger charge is 2.38. The molecular formula is C14H22N4O2. The molecule has 1 aromatic rings. The van der Waals surface area contributed by atoms with Crippen LogP contribution in [0, 0.1) is 0 Å². The Morgan fingerprint density at radius 1 is 1.50 bits per heavy atom. The van der Waals surface area contributed by atoms with Crippen LogP contribution in [-0.2, 0) is 6.42 Å². The molecule has 1 aromatic heterocycles. The number of likely N-dealkylation sites (tertiary alicyclic amines) is 1. The number of carbonyl (C=O) groups excluding carboxylic acids is 1. The van der Waals surface area contributed by atoms with Crippen molar-refractivity contribution in [3.63, 3.8) is 0 Å². The summed E-state index contributed by atoms with van der Waals surface area (Å²) in [6, 6.07) is -0.360. The second-order valence-electron chi connectivity index (χ2n) is 5.68. The van der Waals surface area contributed by atoms with Gasteiger partial charge in [0, 0.05) is 13.0 Å². The Bertz CT molecular complexity index is 467. The maximum absolute atomic E-state index is 12.3. The molecule has 0 bridgehead atoms. The van der Waals surface area contributed by atoms with E-state index in [0.717, 1.165) is 25.1 Å². The number of aromatic nitrogens is 2.